The fraction of sp³-hybridized carbons (Fsp3) is 0.692. The molecule has 14 heavy (non-hydrogen) atoms. The van der Waals surface area contributed by atoms with Crippen LogP contribution in [-0.4, -0.2) is 6.04 Å². The van der Waals surface area contributed by atoms with Crippen molar-refractivity contribution in [3.05, 3.63) is 23.9 Å². The highest BCUT2D eigenvalue weighted by atomic mass is 14.9. The van der Waals surface area contributed by atoms with Crippen LogP contribution < -0.4 is 5.32 Å². The fourth-order valence-corrected chi connectivity index (χ4v) is 1.98. The number of hydrogen-bond acceptors (Lipinski definition) is 1. The van der Waals surface area contributed by atoms with Crippen LogP contribution in [0.25, 0.3) is 0 Å². The number of allylic oxidation sites excluding steroid dienone is 2. The molecule has 0 saturated heterocycles. The Balaban J connectivity index is 2.69. The summed E-state index contributed by atoms with van der Waals surface area (Å²) >= 11 is 0. The molecule has 0 aromatic carbocycles. The number of hydrogen-bond donors (Lipinski definition) is 1. The highest BCUT2D eigenvalue weighted by molar-refractivity contribution is 5.18. The quantitative estimate of drug-likeness (QED) is 0.660. The Morgan fingerprint density at radius 3 is 2.64 bits per heavy atom. The number of nitrogens with one attached hydrogen (secondary N) is 1. The van der Waals surface area contributed by atoms with Gasteiger partial charge in [0.15, 0.2) is 0 Å². The summed E-state index contributed by atoms with van der Waals surface area (Å²) in [6.45, 7) is 12.8. The topological polar surface area (TPSA) is 12.0 Å². The monoisotopic (exact) mass is 193 g/mol. The second-order valence-electron chi connectivity index (χ2n) is 5.37. The minimum Gasteiger partial charge on any atom is -0.383 e. The van der Waals surface area contributed by atoms with Crippen molar-refractivity contribution in [3.8, 4) is 0 Å². The molecule has 0 spiro atoms. The summed E-state index contributed by atoms with van der Waals surface area (Å²) in [5.41, 5.74) is 2.99. The second kappa shape index (κ2) is 4.20. The van der Waals surface area contributed by atoms with E-state index in [9.17, 15) is 0 Å². The van der Waals surface area contributed by atoms with E-state index >= 15 is 0 Å². The van der Waals surface area contributed by atoms with Crippen LogP contribution in [0.15, 0.2) is 23.9 Å². The van der Waals surface area contributed by atoms with Gasteiger partial charge in [-0.2, -0.15) is 0 Å². The molecule has 0 aliphatic heterocycles. The van der Waals surface area contributed by atoms with Gasteiger partial charge in [-0.15, -0.1) is 0 Å². The van der Waals surface area contributed by atoms with Gasteiger partial charge in [0.05, 0.1) is 0 Å². The molecule has 1 heteroatoms. The SMILES string of the molecule is C=C(C)NC1C=C(C(C)(C)C)CCC1. The standard InChI is InChI=1S/C13H23N/c1-10(2)14-12-8-6-7-11(9-12)13(3,4)5/h9,12,14H,1,6-8H2,2-5H3. The molecule has 1 rings (SSSR count). The Labute approximate surface area is 88.3 Å². The average molecular weight is 193 g/mol. The maximum absolute atomic E-state index is 3.90. The molecule has 0 heterocycles. The lowest BCUT2D eigenvalue weighted by atomic mass is 9.79. The van der Waals surface area contributed by atoms with Crippen molar-refractivity contribution in [3.63, 3.8) is 0 Å². The molecule has 0 aromatic rings. The molecule has 1 unspecified atom stereocenters. The van der Waals surface area contributed by atoms with E-state index in [1.165, 1.54) is 19.3 Å². The zero-order valence-electron chi connectivity index (χ0n) is 9.98. The van der Waals surface area contributed by atoms with Crippen molar-refractivity contribution in [2.75, 3.05) is 0 Å². The van der Waals surface area contributed by atoms with Gasteiger partial charge in [-0.05, 0) is 31.6 Å². The molecule has 0 fully saturated rings. The first kappa shape index (κ1) is 11.4. The van der Waals surface area contributed by atoms with Crippen molar-refractivity contribution in [1.82, 2.24) is 5.32 Å². The molecule has 1 nitrogen and oxygen atoms in total. The summed E-state index contributed by atoms with van der Waals surface area (Å²) in [6, 6.07) is 0.510. The summed E-state index contributed by atoms with van der Waals surface area (Å²) in [4.78, 5) is 0. The third kappa shape index (κ3) is 3.21. The zero-order valence-corrected chi connectivity index (χ0v) is 9.98. The molecule has 1 aliphatic carbocycles. The van der Waals surface area contributed by atoms with Crippen molar-refractivity contribution >= 4 is 0 Å². The van der Waals surface area contributed by atoms with E-state index in [-0.39, 0.29) is 0 Å². The van der Waals surface area contributed by atoms with Gasteiger partial charge in [0.25, 0.3) is 0 Å². The summed E-state index contributed by atoms with van der Waals surface area (Å²) < 4.78 is 0. The molecule has 0 bridgehead atoms. The van der Waals surface area contributed by atoms with Gasteiger partial charge >= 0.3 is 0 Å². The molecular formula is C13H23N. The molecular weight excluding hydrogens is 170 g/mol. The predicted octanol–water partition coefficient (Wildman–Crippen LogP) is 3.63. The van der Waals surface area contributed by atoms with Crippen molar-refractivity contribution < 1.29 is 0 Å². The van der Waals surface area contributed by atoms with E-state index in [2.05, 4.69) is 38.7 Å². The zero-order chi connectivity index (χ0) is 10.8. The Kier molecular flexibility index (Phi) is 3.41. The van der Waals surface area contributed by atoms with Crippen LogP contribution in [0, 0.1) is 5.41 Å². The Hall–Kier alpha value is -0.720. The van der Waals surface area contributed by atoms with E-state index in [0.29, 0.717) is 11.5 Å². The Morgan fingerprint density at radius 1 is 1.50 bits per heavy atom. The van der Waals surface area contributed by atoms with E-state index < -0.39 is 0 Å². The normalized spacial score (nSPS) is 22.9. The average Bonchev–Trinajstić information content (AvgIpc) is 2.01. The highest BCUT2D eigenvalue weighted by Gasteiger charge is 2.21. The Bertz CT molecular complexity index is 242. The van der Waals surface area contributed by atoms with Gasteiger partial charge in [0, 0.05) is 11.7 Å². The van der Waals surface area contributed by atoms with E-state index in [1.807, 2.05) is 6.92 Å². The van der Waals surface area contributed by atoms with Crippen LogP contribution in [0.3, 0.4) is 0 Å². The molecule has 1 N–H and O–H groups in total. The van der Waals surface area contributed by atoms with Crippen molar-refractivity contribution in [2.24, 2.45) is 5.41 Å². The van der Waals surface area contributed by atoms with E-state index in [4.69, 9.17) is 0 Å². The summed E-state index contributed by atoms with van der Waals surface area (Å²) in [6.07, 6.45) is 6.20. The minimum atomic E-state index is 0.329. The van der Waals surface area contributed by atoms with Gasteiger partial charge in [-0.1, -0.05) is 39.0 Å². The molecule has 0 saturated carbocycles. The summed E-state index contributed by atoms with van der Waals surface area (Å²) in [7, 11) is 0. The van der Waals surface area contributed by atoms with Crippen LogP contribution >= 0.6 is 0 Å². The van der Waals surface area contributed by atoms with Crippen LogP contribution in [0.5, 0.6) is 0 Å². The molecule has 1 atom stereocenters. The van der Waals surface area contributed by atoms with Gasteiger partial charge in [-0.25, -0.2) is 0 Å². The molecule has 0 radical (unpaired) electrons. The van der Waals surface area contributed by atoms with Gasteiger partial charge < -0.3 is 5.32 Å². The Morgan fingerprint density at radius 2 is 2.14 bits per heavy atom. The lowest BCUT2D eigenvalue weighted by molar-refractivity contribution is 0.438. The molecule has 0 amide bonds. The van der Waals surface area contributed by atoms with Gasteiger partial charge in [0.1, 0.15) is 0 Å². The lowest BCUT2D eigenvalue weighted by Crippen LogP contribution is -2.29. The smallest absolute Gasteiger partial charge is 0.0444 e. The maximum Gasteiger partial charge on any atom is 0.0444 e. The van der Waals surface area contributed by atoms with E-state index in [1.54, 1.807) is 5.57 Å². The third-order valence-electron chi connectivity index (χ3n) is 2.76. The lowest BCUT2D eigenvalue weighted by Gasteiger charge is -2.30. The van der Waals surface area contributed by atoms with E-state index in [0.717, 1.165) is 5.70 Å². The highest BCUT2D eigenvalue weighted by Crippen LogP contribution is 2.33. The third-order valence-corrected chi connectivity index (χ3v) is 2.76. The molecule has 1 aliphatic rings. The minimum absolute atomic E-state index is 0.329. The first-order chi connectivity index (χ1) is 6.39. The molecule has 80 valence electrons. The first-order valence-electron chi connectivity index (χ1n) is 5.53. The fourth-order valence-electron chi connectivity index (χ4n) is 1.98. The first-order valence-corrected chi connectivity index (χ1v) is 5.53. The van der Waals surface area contributed by atoms with Crippen LogP contribution in [0.1, 0.15) is 47.0 Å². The number of rotatable bonds is 2. The van der Waals surface area contributed by atoms with Crippen LogP contribution in [-0.2, 0) is 0 Å². The molecule has 0 aromatic heterocycles. The second-order valence-corrected chi connectivity index (χ2v) is 5.37. The predicted molar refractivity (Wildman–Crippen MR) is 63.1 cm³/mol. The van der Waals surface area contributed by atoms with Crippen molar-refractivity contribution in [2.45, 2.75) is 53.0 Å². The van der Waals surface area contributed by atoms with Crippen molar-refractivity contribution in [1.29, 1.82) is 0 Å². The van der Waals surface area contributed by atoms with Gasteiger partial charge in [-0.3, -0.25) is 0 Å². The van der Waals surface area contributed by atoms with Gasteiger partial charge in [0.2, 0.25) is 0 Å². The largest absolute Gasteiger partial charge is 0.383 e. The summed E-state index contributed by atoms with van der Waals surface area (Å²) in [5, 5.41) is 3.41. The summed E-state index contributed by atoms with van der Waals surface area (Å²) in [5.74, 6) is 0. The maximum atomic E-state index is 3.90. The van der Waals surface area contributed by atoms with Crippen LogP contribution in [0.2, 0.25) is 0 Å². The van der Waals surface area contributed by atoms with Crippen LogP contribution in [0.4, 0.5) is 0 Å².